The number of ether oxygens (including phenoxy) is 1. The number of nitrogens with zero attached hydrogens (tertiary/aromatic N) is 1. The molecule has 1 unspecified atom stereocenters. The molecule has 31 heavy (non-hydrogen) atoms. The van der Waals surface area contributed by atoms with Crippen LogP contribution >= 0.6 is 11.6 Å². The summed E-state index contributed by atoms with van der Waals surface area (Å²) in [4.78, 5) is 26.7. The van der Waals surface area contributed by atoms with Crippen LogP contribution in [0.25, 0.3) is 0 Å². The number of carbonyl (C=O) groups excluding carboxylic acids is 2. The van der Waals surface area contributed by atoms with E-state index >= 15 is 0 Å². The predicted octanol–water partition coefficient (Wildman–Crippen LogP) is 3.32. The maximum absolute atomic E-state index is 12.4. The second-order valence-electron chi connectivity index (χ2n) is 9.21. The lowest BCUT2D eigenvalue weighted by molar-refractivity contribution is -0.127. The zero-order valence-corrected chi connectivity index (χ0v) is 19.5. The molecule has 0 bridgehead atoms. The molecule has 1 atom stereocenters. The average molecular weight is 450 g/mol. The number of halogens is 1. The summed E-state index contributed by atoms with van der Waals surface area (Å²) in [5.74, 6) is -0.119. The van der Waals surface area contributed by atoms with Crippen molar-refractivity contribution in [3.05, 3.63) is 34.9 Å². The molecule has 2 amide bonds. The maximum atomic E-state index is 12.4. The molecule has 172 valence electrons. The molecule has 1 saturated heterocycles. The van der Waals surface area contributed by atoms with E-state index in [9.17, 15) is 9.59 Å². The smallest absolute Gasteiger partial charge is 0.220 e. The van der Waals surface area contributed by atoms with E-state index < -0.39 is 0 Å². The first-order valence-electron chi connectivity index (χ1n) is 11.5. The van der Waals surface area contributed by atoms with Crippen LogP contribution in [0.3, 0.4) is 0 Å². The fourth-order valence-electron chi connectivity index (χ4n) is 4.76. The molecule has 0 radical (unpaired) electrons. The van der Waals surface area contributed by atoms with Gasteiger partial charge in [-0.25, -0.2) is 0 Å². The number of amides is 2. The number of likely N-dealkylation sites (N-methyl/N-ethyl adjacent to an activating group) is 1. The molecule has 2 fully saturated rings. The van der Waals surface area contributed by atoms with Crippen molar-refractivity contribution in [3.8, 4) is 0 Å². The van der Waals surface area contributed by atoms with E-state index in [-0.39, 0.29) is 42.3 Å². The van der Waals surface area contributed by atoms with E-state index in [4.69, 9.17) is 16.3 Å². The van der Waals surface area contributed by atoms with Gasteiger partial charge in [0, 0.05) is 42.6 Å². The number of hydrogen-bond donors (Lipinski definition) is 2. The van der Waals surface area contributed by atoms with E-state index in [2.05, 4.69) is 35.7 Å². The highest BCUT2D eigenvalue weighted by Crippen LogP contribution is 2.35. The SMILES string of the molecule is CN(C)C1(Cc2cccc(Cl)c2)CCC(NC(=O)CCC(=O)NCC2CCCO2)CC1. The topological polar surface area (TPSA) is 70.7 Å². The second kappa shape index (κ2) is 11.3. The molecule has 3 rings (SSSR count). The summed E-state index contributed by atoms with van der Waals surface area (Å²) < 4.78 is 5.50. The van der Waals surface area contributed by atoms with Crippen LogP contribution in [0.1, 0.15) is 56.9 Å². The highest BCUT2D eigenvalue weighted by Gasteiger charge is 2.37. The lowest BCUT2D eigenvalue weighted by Crippen LogP contribution is -2.52. The van der Waals surface area contributed by atoms with E-state index in [1.165, 1.54) is 5.56 Å². The van der Waals surface area contributed by atoms with Crippen LogP contribution in [0, 0.1) is 0 Å². The standard InChI is InChI=1S/C24H36ClN3O3/c1-28(2)24(16-18-5-3-6-19(25)15-18)12-10-20(11-13-24)27-23(30)9-8-22(29)26-17-21-7-4-14-31-21/h3,5-6,15,20-21H,4,7-14,16-17H2,1-2H3,(H,26,29)(H,27,30). The Morgan fingerprint density at radius 3 is 2.55 bits per heavy atom. The fourth-order valence-corrected chi connectivity index (χ4v) is 4.97. The number of hydrogen-bond acceptors (Lipinski definition) is 4. The van der Waals surface area contributed by atoms with Crippen molar-refractivity contribution in [3.63, 3.8) is 0 Å². The van der Waals surface area contributed by atoms with Gasteiger partial charge >= 0.3 is 0 Å². The summed E-state index contributed by atoms with van der Waals surface area (Å²) in [6, 6.07) is 8.26. The van der Waals surface area contributed by atoms with Crippen LogP contribution in [0.5, 0.6) is 0 Å². The molecule has 1 aliphatic heterocycles. The molecule has 7 heteroatoms. The maximum Gasteiger partial charge on any atom is 0.220 e. The van der Waals surface area contributed by atoms with Crippen molar-refractivity contribution in [1.82, 2.24) is 15.5 Å². The molecular weight excluding hydrogens is 414 g/mol. The van der Waals surface area contributed by atoms with Gasteiger partial charge in [-0.3, -0.25) is 9.59 Å². The van der Waals surface area contributed by atoms with Crippen LogP contribution in [0.15, 0.2) is 24.3 Å². The van der Waals surface area contributed by atoms with Crippen LogP contribution in [0.2, 0.25) is 5.02 Å². The third kappa shape index (κ3) is 7.19. The van der Waals surface area contributed by atoms with E-state index in [0.29, 0.717) is 6.54 Å². The van der Waals surface area contributed by atoms with Crippen LogP contribution in [-0.2, 0) is 20.7 Å². The highest BCUT2D eigenvalue weighted by atomic mass is 35.5. The van der Waals surface area contributed by atoms with Gasteiger partial charge < -0.3 is 20.3 Å². The van der Waals surface area contributed by atoms with Crippen molar-refractivity contribution >= 4 is 23.4 Å². The van der Waals surface area contributed by atoms with Crippen LogP contribution in [0.4, 0.5) is 0 Å². The zero-order valence-electron chi connectivity index (χ0n) is 18.8. The summed E-state index contributed by atoms with van der Waals surface area (Å²) in [7, 11) is 4.28. The number of carbonyl (C=O) groups is 2. The van der Waals surface area contributed by atoms with Gasteiger partial charge in [0.25, 0.3) is 0 Å². The van der Waals surface area contributed by atoms with E-state index in [1.807, 2.05) is 18.2 Å². The molecule has 0 spiro atoms. The first kappa shape index (κ1) is 24.0. The van der Waals surface area contributed by atoms with Gasteiger partial charge in [0.1, 0.15) is 0 Å². The molecule has 1 aliphatic carbocycles. The van der Waals surface area contributed by atoms with Crippen LogP contribution < -0.4 is 10.6 Å². The third-order valence-corrected chi connectivity index (χ3v) is 7.02. The Bertz CT molecular complexity index is 741. The summed E-state index contributed by atoms with van der Waals surface area (Å²) in [6.45, 7) is 1.32. The highest BCUT2D eigenvalue weighted by molar-refractivity contribution is 6.30. The van der Waals surface area contributed by atoms with Crippen molar-refractivity contribution < 1.29 is 14.3 Å². The molecule has 2 aliphatic rings. The third-order valence-electron chi connectivity index (χ3n) is 6.78. The lowest BCUT2D eigenvalue weighted by atomic mass is 9.75. The second-order valence-corrected chi connectivity index (χ2v) is 9.64. The molecule has 2 N–H and O–H groups in total. The Kier molecular flexibility index (Phi) is 8.76. The molecule has 0 aromatic heterocycles. The van der Waals surface area contributed by atoms with Crippen LogP contribution in [-0.4, -0.2) is 61.6 Å². The van der Waals surface area contributed by atoms with Gasteiger partial charge in [-0.05, 0) is 76.7 Å². The average Bonchev–Trinajstić information content (AvgIpc) is 3.26. The molecule has 1 aromatic carbocycles. The van der Waals surface area contributed by atoms with Gasteiger partial charge in [-0.2, -0.15) is 0 Å². The fraction of sp³-hybridized carbons (Fsp3) is 0.667. The summed E-state index contributed by atoms with van der Waals surface area (Å²) in [5.41, 5.74) is 1.33. The largest absolute Gasteiger partial charge is 0.376 e. The predicted molar refractivity (Wildman–Crippen MR) is 123 cm³/mol. The minimum atomic E-state index is -0.0811. The normalized spacial score (nSPS) is 26.1. The lowest BCUT2D eigenvalue weighted by Gasteiger charge is -2.45. The minimum absolute atomic E-state index is 0.0375. The first-order valence-corrected chi connectivity index (χ1v) is 11.8. The Hall–Kier alpha value is -1.63. The Labute approximate surface area is 191 Å². The van der Waals surface area contributed by atoms with Gasteiger partial charge in [0.2, 0.25) is 11.8 Å². The molecular formula is C24H36ClN3O3. The Morgan fingerprint density at radius 1 is 1.16 bits per heavy atom. The number of rotatable bonds is 9. The van der Waals surface area contributed by atoms with Gasteiger partial charge in [-0.1, -0.05) is 23.7 Å². The number of benzene rings is 1. The van der Waals surface area contributed by atoms with Crippen molar-refractivity contribution in [1.29, 1.82) is 0 Å². The molecule has 6 nitrogen and oxygen atoms in total. The zero-order chi connectivity index (χ0) is 22.3. The Morgan fingerprint density at radius 2 is 1.90 bits per heavy atom. The monoisotopic (exact) mass is 449 g/mol. The van der Waals surface area contributed by atoms with Gasteiger partial charge in [0.15, 0.2) is 0 Å². The van der Waals surface area contributed by atoms with Crippen molar-refractivity contribution in [2.75, 3.05) is 27.2 Å². The summed E-state index contributed by atoms with van der Waals surface area (Å²) in [6.07, 6.45) is 7.49. The minimum Gasteiger partial charge on any atom is -0.376 e. The number of nitrogens with one attached hydrogen (secondary N) is 2. The molecule has 1 heterocycles. The van der Waals surface area contributed by atoms with E-state index in [0.717, 1.165) is 56.6 Å². The van der Waals surface area contributed by atoms with Crippen molar-refractivity contribution in [2.45, 2.75) is 75.5 Å². The van der Waals surface area contributed by atoms with Crippen molar-refractivity contribution in [2.24, 2.45) is 0 Å². The molecule has 1 saturated carbocycles. The Balaban J connectivity index is 1.40. The molecule has 1 aromatic rings. The first-order chi connectivity index (χ1) is 14.9. The summed E-state index contributed by atoms with van der Waals surface area (Å²) in [5, 5.41) is 6.78. The quantitative estimate of drug-likeness (QED) is 0.606. The van der Waals surface area contributed by atoms with Gasteiger partial charge in [0.05, 0.1) is 6.10 Å². The van der Waals surface area contributed by atoms with E-state index in [1.54, 1.807) is 0 Å². The van der Waals surface area contributed by atoms with Gasteiger partial charge in [-0.15, -0.1) is 0 Å². The summed E-state index contributed by atoms with van der Waals surface area (Å²) >= 11 is 6.18.